The maximum Gasteiger partial charge on any atom is 0.00874 e. The number of allylic oxidation sites excluding steroid dienone is 1. The summed E-state index contributed by atoms with van der Waals surface area (Å²) in [5, 5.41) is 0. The van der Waals surface area contributed by atoms with Gasteiger partial charge in [0.25, 0.3) is 0 Å². The van der Waals surface area contributed by atoms with Crippen molar-refractivity contribution in [2.45, 2.75) is 6.04 Å². The molecule has 0 nitrogen and oxygen atoms in total. The lowest BCUT2D eigenvalue weighted by atomic mass is 10.8. The van der Waals surface area contributed by atoms with Crippen molar-refractivity contribution in [2.24, 2.45) is 0 Å². The van der Waals surface area contributed by atoms with Crippen LogP contribution < -0.4 is 0 Å². The lowest BCUT2D eigenvalue weighted by Crippen LogP contribution is -1.79. The van der Waals surface area contributed by atoms with Gasteiger partial charge in [0, 0.05) is 9.04 Å². The first-order valence-electron chi connectivity index (χ1n) is 2.02. The Morgan fingerprint density at radius 3 is 2.60 bits per heavy atom. The van der Waals surface area contributed by atoms with Gasteiger partial charge in [-0.05, 0) is 15.8 Å². The molecule has 0 heterocycles. The summed E-state index contributed by atoms with van der Waals surface area (Å²) in [6, 6.07) is 1.35. The number of rotatable bonds is 2. The molecule has 0 bridgehead atoms. The third kappa shape index (κ3) is 4.17. The SMILES string of the molecule is C=CC[SiH2][SiH3]. The zero-order valence-corrected chi connectivity index (χ0v) is 7.11. The molecule has 0 aromatic heterocycles. The minimum absolute atomic E-state index is 0.435. The molecule has 0 amide bonds. The van der Waals surface area contributed by atoms with Gasteiger partial charge in [0.2, 0.25) is 0 Å². The zero-order chi connectivity index (χ0) is 4.12. The van der Waals surface area contributed by atoms with E-state index in [0.717, 1.165) is 0 Å². The third-order valence-electron chi connectivity index (χ3n) is 0.493. The fourth-order valence-corrected chi connectivity index (χ4v) is 1.84. The maximum absolute atomic E-state index is 3.61. The second kappa shape index (κ2) is 4.17. The van der Waals surface area contributed by atoms with Gasteiger partial charge in [-0.15, -0.1) is 6.58 Å². The van der Waals surface area contributed by atoms with Crippen LogP contribution in [-0.2, 0) is 0 Å². The molecule has 2 heteroatoms. The van der Waals surface area contributed by atoms with Crippen molar-refractivity contribution < 1.29 is 0 Å². The minimum Gasteiger partial charge on any atom is -0.103 e. The summed E-state index contributed by atoms with van der Waals surface area (Å²) in [6.45, 7) is 3.61. The van der Waals surface area contributed by atoms with E-state index in [4.69, 9.17) is 0 Å². The van der Waals surface area contributed by atoms with Crippen LogP contribution in [0.4, 0.5) is 0 Å². The fraction of sp³-hybridized carbons (Fsp3) is 0.333. The molecular formula is C3H10Si2. The molecule has 0 radical (unpaired) electrons. The maximum atomic E-state index is 3.61. The predicted octanol–water partition coefficient (Wildman–Crippen LogP) is -0.960. The first-order valence-corrected chi connectivity index (χ1v) is 8.68. The smallest absolute Gasteiger partial charge is 0.00874 e. The summed E-state index contributed by atoms with van der Waals surface area (Å²) < 4.78 is 0. The van der Waals surface area contributed by atoms with Crippen molar-refractivity contribution in [3.8, 4) is 0 Å². The highest BCUT2D eigenvalue weighted by Crippen LogP contribution is 1.68. The molecule has 0 aliphatic rings. The molecular weight excluding hydrogens is 92.2 g/mol. The molecule has 30 valence electrons. The summed E-state index contributed by atoms with van der Waals surface area (Å²) in [5.41, 5.74) is 0. The van der Waals surface area contributed by atoms with Crippen molar-refractivity contribution in [3.05, 3.63) is 12.7 Å². The average molecular weight is 102 g/mol. The van der Waals surface area contributed by atoms with Gasteiger partial charge < -0.3 is 0 Å². The first-order chi connectivity index (χ1) is 2.41. The van der Waals surface area contributed by atoms with Crippen molar-refractivity contribution in [3.63, 3.8) is 0 Å². The molecule has 0 spiro atoms. The summed E-state index contributed by atoms with van der Waals surface area (Å²) in [4.78, 5) is 0. The van der Waals surface area contributed by atoms with Crippen LogP contribution in [0.15, 0.2) is 12.7 Å². The van der Waals surface area contributed by atoms with Gasteiger partial charge in [0.15, 0.2) is 0 Å². The quantitative estimate of drug-likeness (QED) is 0.311. The van der Waals surface area contributed by atoms with Gasteiger partial charge in [0.1, 0.15) is 0 Å². The predicted molar refractivity (Wildman–Crippen MR) is 33.5 cm³/mol. The van der Waals surface area contributed by atoms with E-state index in [1.807, 2.05) is 6.08 Å². The van der Waals surface area contributed by atoms with E-state index < -0.39 is 0 Å². The van der Waals surface area contributed by atoms with Gasteiger partial charge in [-0.3, -0.25) is 0 Å². The summed E-state index contributed by atoms with van der Waals surface area (Å²) in [5.74, 6) is 0. The van der Waals surface area contributed by atoms with Crippen LogP contribution in [0.1, 0.15) is 0 Å². The zero-order valence-electron chi connectivity index (χ0n) is 3.70. The van der Waals surface area contributed by atoms with E-state index in [9.17, 15) is 0 Å². The van der Waals surface area contributed by atoms with E-state index in [1.54, 1.807) is 0 Å². The van der Waals surface area contributed by atoms with Crippen LogP contribution in [0.25, 0.3) is 0 Å². The average Bonchev–Trinajstić information content (AvgIpc) is 1.41. The van der Waals surface area contributed by atoms with Crippen LogP contribution in [0.3, 0.4) is 0 Å². The van der Waals surface area contributed by atoms with Crippen LogP contribution in [-0.4, -0.2) is 18.8 Å². The monoisotopic (exact) mass is 102 g/mol. The highest BCUT2D eigenvalue weighted by atomic mass is 29.1. The van der Waals surface area contributed by atoms with Crippen LogP contribution >= 0.6 is 0 Å². The Morgan fingerprint density at radius 2 is 2.60 bits per heavy atom. The molecule has 0 aromatic rings. The molecule has 0 fully saturated rings. The van der Waals surface area contributed by atoms with Crippen molar-refractivity contribution >= 4 is 18.8 Å². The summed E-state index contributed by atoms with van der Waals surface area (Å²) in [6.07, 6.45) is 2.03. The molecule has 0 unspecified atom stereocenters. The minimum atomic E-state index is 0.435. The second-order valence-corrected chi connectivity index (χ2v) is 5.65. The topological polar surface area (TPSA) is 0 Å². The number of hydrogen-bond donors (Lipinski definition) is 0. The van der Waals surface area contributed by atoms with Gasteiger partial charge in [-0.25, -0.2) is 0 Å². The Morgan fingerprint density at radius 1 is 2.00 bits per heavy atom. The molecule has 0 N–H and O–H groups in total. The van der Waals surface area contributed by atoms with Crippen LogP contribution in [0, 0.1) is 0 Å². The molecule has 0 aromatic carbocycles. The Hall–Kier alpha value is 0.174. The molecule has 0 saturated heterocycles. The van der Waals surface area contributed by atoms with E-state index in [0.29, 0.717) is 9.04 Å². The van der Waals surface area contributed by atoms with Gasteiger partial charge >= 0.3 is 0 Å². The standard InChI is InChI=1S/C3H10Si2/c1-2-3-5-4/h2H,1,3,5H2,4H3. The highest BCUT2D eigenvalue weighted by molar-refractivity contribution is 6.89. The van der Waals surface area contributed by atoms with E-state index >= 15 is 0 Å². The van der Waals surface area contributed by atoms with E-state index in [1.165, 1.54) is 15.8 Å². The van der Waals surface area contributed by atoms with E-state index in [2.05, 4.69) is 6.58 Å². The highest BCUT2D eigenvalue weighted by Gasteiger charge is 1.63. The summed E-state index contributed by atoms with van der Waals surface area (Å²) >= 11 is 0. The Balaban J connectivity index is 2.40. The molecule has 5 heavy (non-hydrogen) atoms. The van der Waals surface area contributed by atoms with Gasteiger partial charge in [-0.1, -0.05) is 6.08 Å². The molecule has 0 saturated carbocycles. The second-order valence-electron chi connectivity index (χ2n) is 1.08. The normalized spacial score (nSPS) is 10.4. The molecule has 0 aliphatic heterocycles. The lowest BCUT2D eigenvalue weighted by Gasteiger charge is -1.71. The molecule has 0 aliphatic carbocycles. The van der Waals surface area contributed by atoms with Crippen LogP contribution in [0.2, 0.25) is 6.04 Å². The summed E-state index contributed by atoms with van der Waals surface area (Å²) in [7, 11) is 1.90. The van der Waals surface area contributed by atoms with Crippen molar-refractivity contribution in [1.29, 1.82) is 0 Å². The van der Waals surface area contributed by atoms with E-state index in [-0.39, 0.29) is 0 Å². The van der Waals surface area contributed by atoms with Crippen molar-refractivity contribution in [1.82, 2.24) is 0 Å². The fourth-order valence-electron chi connectivity index (χ4n) is 0.204. The number of hydrogen-bond acceptors (Lipinski definition) is 0. The van der Waals surface area contributed by atoms with Crippen LogP contribution in [0.5, 0.6) is 0 Å². The Kier molecular flexibility index (Phi) is 4.32. The molecule has 0 rings (SSSR count). The molecule has 0 atom stereocenters. The van der Waals surface area contributed by atoms with Gasteiger partial charge in [0.05, 0.1) is 0 Å². The Labute approximate surface area is 38.3 Å². The van der Waals surface area contributed by atoms with Crippen molar-refractivity contribution in [2.75, 3.05) is 0 Å². The third-order valence-corrected chi connectivity index (χ3v) is 3.21. The largest absolute Gasteiger partial charge is 0.103 e. The Bertz CT molecular complexity index is 26.1. The first kappa shape index (κ1) is 5.17. The lowest BCUT2D eigenvalue weighted by molar-refractivity contribution is 1.75. The van der Waals surface area contributed by atoms with Gasteiger partial charge in [-0.2, -0.15) is 0 Å².